The Labute approximate surface area is 90.7 Å². The molecule has 0 aromatic carbocycles. The van der Waals surface area contributed by atoms with Crippen molar-refractivity contribution in [1.29, 1.82) is 0 Å². The van der Waals surface area contributed by atoms with E-state index in [2.05, 4.69) is 0 Å². The first-order valence-electron chi connectivity index (χ1n) is 4.77. The second-order valence-corrected chi connectivity index (χ2v) is 3.28. The molecule has 0 heterocycles. The summed E-state index contributed by atoms with van der Waals surface area (Å²) < 4.78 is 4.86. The Morgan fingerprint density at radius 1 is 1.43 bits per heavy atom. The number of ether oxygens (including phenoxy) is 1. The highest BCUT2D eigenvalue weighted by Crippen LogP contribution is 2.00. The van der Waals surface area contributed by atoms with Gasteiger partial charge in [0.25, 0.3) is 0 Å². The minimum Gasteiger partial charge on any atom is -0.465 e. The lowest BCUT2D eigenvalue weighted by molar-refractivity contribution is -0.144. The third kappa shape index (κ3) is 6.00. The highest BCUT2D eigenvalue weighted by molar-refractivity contribution is 6.25. The molecule has 0 atom stereocenters. The van der Waals surface area contributed by atoms with E-state index in [9.17, 15) is 4.79 Å². The van der Waals surface area contributed by atoms with Gasteiger partial charge in [-0.2, -0.15) is 0 Å². The summed E-state index contributed by atoms with van der Waals surface area (Å²) in [7, 11) is 0. The molecule has 0 saturated carbocycles. The average molecular weight is 220 g/mol. The molecule has 0 saturated heterocycles. The first kappa shape index (κ1) is 13.5. The molecule has 0 spiro atoms. The fourth-order valence-electron chi connectivity index (χ4n) is 1.06. The largest absolute Gasteiger partial charge is 0.465 e. The number of carbonyl (C=O) groups excluding carboxylic acids is 1. The monoisotopic (exact) mass is 219 g/mol. The van der Waals surface area contributed by atoms with Crippen LogP contribution < -0.4 is 0 Å². The van der Waals surface area contributed by atoms with Gasteiger partial charge in [0.2, 0.25) is 0 Å². The number of hydrogen-bond acceptors (Lipinski definition) is 3. The molecule has 14 heavy (non-hydrogen) atoms. The molecule has 0 aliphatic carbocycles. The van der Waals surface area contributed by atoms with E-state index in [0.29, 0.717) is 19.7 Å². The van der Waals surface area contributed by atoms with Crippen molar-refractivity contribution in [3.05, 3.63) is 11.1 Å². The standard InChI is InChI=1S/C10H18ClNO2/c1-4-12(7-9(3)6-11)8-10(13)14-5-2/h6H,4-5,7-8H2,1-3H3. The Morgan fingerprint density at radius 3 is 2.50 bits per heavy atom. The van der Waals surface area contributed by atoms with Crippen molar-refractivity contribution < 1.29 is 9.53 Å². The van der Waals surface area contributed by atoms with E-state index in [0.717, 1.165) is 12.1 Å². The predicted molar refractivity (Wildman–Crippen MR) is 58.4 cm³/mol. The lowest BCUT2D eigenvalue weighted by atomic mass is 10.3. The Bertz CT molecular complexity index is 204. The van der Waals surface area contributed by atoms with E-state index in [1.54, 1.807) is 6.92 Å². The lowest BCUT2D eigenvalue weighted by Gasteiger charge is -2.19. The average Bonchev–Trinajstić information content (AvgIpc) is 2.16. The van der Waals surface area contributed by atoms with Crippen molar-refractivity contribution in [1.82, 2.24) is 4.90 Å². The van der Waals surface area contributed by atoms with Crippen LogP contribution in [0.15, 0.2) is 11.1 Å². The third-order valence-electron chi connectivity index (χ3n) is 1.76. The molecular formula is C10H18ClNO2. The van der Waals surface area contributed by atoms with Crippen molar-refractivity contribution in [2.24, 2.45) is 0 Å². The maximum absolute atomic E-state index is 11.2. The number of hydrogen-bond donors (Lipinski definition) is 0. The molecule has 0 aromatic heterocycles. The van der Waals surface area contributed by atoms with Crippen LogP contribution in [0.1, 0.15) is 20.8 Å². The van der Waals surface area contributed by atoms with Gasteiger partial charge in [-0.3, -0.25) is 9.69 Å². The van der Waals surface area contributed by atoms with Gasteiger partial charge in [0.15, 0.2) is 0 Å². The van der Waals surface area contributed by atoms with Gasteiger partial charge in [-0.05, 0) is 26.0 Å². The molecule has 0 radical (unpaired) electrons. The molecule has 0 bridgehead atoms. The number of rotatable bonds is 6. The highest BCUT2D eigenvalue weighted by Gasteiger charge is 2.09. The first-order chi connectivity index (χ1) is 6.63. The van der Waals surface area contributed by atoms with Crippen LogP contribution in [0.4, 0.5) is 0 Å². The van der Waals surface area contributed by atoms with Gasteiger partial charge in [-0.1, -0.05) is 18.5 Å². The summed E-state index contributed by atoms with van der Waals surface area (Å²) >= 11 is 5.55. The van der Waals surface area contributed by atoms with Crippen LogP contribution in [0.3, 0.4) is 0 Å². The van der Waals surface area contributed by atoms with Gasteiger partial charge in [0.05, 0.1) is 13.2 Å². The number of halogens is 1. The summed E-state index contributed by atoms with van der Waals surface area (Å²) in [6, 6.07) is 0. The van der Waals surface area contributed by atoms with Gasteiger partial charge in [0, 0.05) is 12.1 Å². The Balaban J connectivity index is 3.96. The van der Waals surface area contributed by atoms with E-state index in [-0.39, 0.29) is 5.97 Å². The summed E-state index contributed by atoms with van der Waals surface area (Å²) in [6.45, 7) is 8.01. The van der Waals surface area contributed by atoms with Crippen molar-refractivity contribution in [2.45, 2.75) is 20.8 Å². The quantitative estimate of drug-likeness (QED) is 0.641. The summed E-state index contributed by atoms with van der Waals surface area (Å²) in [5.41, 5.74) is 2.58. The van der Waals surface area contributed by atoms with Crippen LogP contribution in [0.25, 0.3) is 0 Å². The molecule has 0 aromatic rings. The topological polar surface area (TPSA) is 29.5 Å². The van der Waals surface area contributed by atoms with Crippen LogP contribution in [-0.2, 0) is 9.53 Å². The summed E-state index contributed by atoms with van der Waals surface area (Å²) in [5.74, 6) is -0.184. The Kier molecular flexibility index (Phi) is 7.52. The third-order valence-corrected chi connectivity index (χ3v) is 2.14. The number of carbonyl (C=O) groups is 1. The van der Waals surface area contributed by atoms with E-state index >= 15 is 0 Å². The SMILES string of the molecule is CCOC(=O)CN(CC)CC(C)=CCl. The van der Waals surface area contributed by atoms with Crippen molar-refractivity contribution >= 4 is 17.6 Å². The van der Waals surface area contributed by atoms with Gasteiger partial charge >= 0.3 is 5.97 Å². The summed E-state index contributed by atoms with van der Waals surface area (Å²) in [6.07, 6.45) is 0. The number of likely N-dealkylation sites (N-methyl/N-ethyl adjacent to an activating group) is 1. The second kappa shape index (κ2) is 7.83. The van der Waals surface area contributed by atoms with E-state index in [4.69, 9.17) is 16.3 Å². The second-order valence-electron chi connectivity index (χ2n) is 3.06. The Hall–Kier alpha value is -0.540. The van der Waals surface area contributed by atoms with E-state index in [1.807, 2.05) is 18.7 Å². The zero-order valence-corrected chi connectivity index (χ0v) is 9.80. The van der Waals surface area contributed by atoms with Crippen LogP contribution >= 0.6 is 11.6 Å². The van der Waals surface area contributed by atoms with Crippen LogP contribution in [0.2, 0.25) is 0 Å². The lowest BCUT2D eigenvalue weighted by Crippen LogP contribution is -2.32. The predicted octanol–water partition coefficient (Wildman–Crippen LogP) is 2.01. The van der Waals surface area contributed by atoms with Crippen molar-refractivity contribution in [3.8, 4) is 0 Å². The Morgan fingerprint density at radius 2 is 2.07 bits per heavy atom. The maximum atomic E-state index is 11.2. The van der Waals surface area contributed by atoms with E-state index in [1.165, 1.54) is 5.54 Å². The molecule has 0 aliphatic heterocycles. The molecule has 4 heteroatoms. The van der Waals surface area contributed by atoms with E-state index < -0.39 is 0 Å². The van der Waals surface area contributed by atoms with Gasteiger partial charge < -0.3 is 4.74 Å². The fourth-order valence-corrected chi connectivity index (χ4v) is 1.12. The normalized spacial score (nSPS) is 11.9. The molecular weight excluding hydrogens is 202 g/mol. The molecule has 0 aliphatic rings. The van der Waals surface area contributed by atoms with Crippen LogP contribution in [0, 0.1) is 0 Å². The maximum Gasteiger partial charge on any atom is 0.320 e. The smallest absolute Gasteiger partial charge is 0.320 e. The summed E-state index contributed by atoms with van der Waals surface area (Å²) in [4.78, 5) is 13.1. The van der Waals surface area contributed by atoms with Crippen LogP contribution in [0.5, 0.6) is 0 Å². The molecule has 3 nitrogen and oxygen atoms in total. The molecule has 0 rings (SSSR count). The molecule has 0 N–H and O–H groups in total. The summed E-state index contributed by atoms with van der Waals surface area (Å²) in [5, 5.41) is 0. The van der Waals surface area contributed by atoms with Gasteiger partial charge in [-0.15, -0.1) is 0 Å². The van der Waals surface area contributed by atoms with Gasteiger partial charge in [0.1, 0.15) is 0 Å². The molecule has 82 valence electrons. The highest BCUT2D eigenvalue weighted by atomic mass is 35.5. The van der Waals surface area contributed by atoms with Crippen molar-refractivity contribution in [2.75, 3.05) is 26.2 Å². The first-order valence-corrected chi connectivity index (χ1v) is 5.21. The molecule has 0 amide bonds. The minimum absolute atomic E-state index is 0.184. The molecule has 0 fully saturated rings. The minimum atomic E-state index is -0.184. The van der Waals surface area contributed by atoms with Crippen LogP contribution in [-0.4, -0.2) is 37.1 Å². The number of nitrogens with zero attached hydrogens (tertiary/aromatic N) is 1. The zero-order valence-electron chi connectivity index (χ0n) is 9.05. The number of esters is 1. The van der Waals surface area contributed by atoms with Gasteiger partial charge in [-0.25, -0.2) is 0 Å². The molecule has 0 unspecified atom stereocenters. The zero-order chi connectivity index (χ0) is 11.0. The van der Waals surface area contributed by atoms with Crippen molar-refractivity contribution in [3.63, 3.8) is 0 Å². The fraction of sp³-hybridized carbons (Fsp3) is 0.700.